The first kappa shape index (κ1) is 23.9. The Balaban J connectivity index is 0.00000182. The topological polar surface area (TPSA) is 68.0 Å². The molecule has 1 aromatic heterocycles. The van der Waals surface area contributed by atoms with E-state index in [1.165, 1.54) is 5.56 Å². The molecule has 1 fully saturated rings. The highest BCUT2D eigenvalue weighted by molar-refractivity contribution is 7.09. The smallest absolute Gasteiger partial charge is 0.224 e. The van der Waals surface area contributed by atoms with Gasteiger partial charge in [-0.15, -0.1) is 36.2 Å². The summed E-state index contributed by atoms with van der Waals surface area (Å²) >= 11 is 1.66. The fourth-order valence-corrected chi connectivity index (χ4v) is 4.20. The van der Waals surface area contributed by atoms with Crippen molar-refractivity contribution >= 4 is 42.1 Å². The molecule has 1 amide bonds. The lowest BCUT2D eigenvalue weighted by molar-refractivity contribution is -0.128. The zero-order valence-corrected chi connectivity index (χ0v) is 18.3. The van der Waals surface area contributed by atoms with Crippen molar-refractivity contribution in [3.8, 4) is 11.3 Å². The first-order valence-corrected chi connectivity index (χ1v) is 9.92. The number of aromatic nitrogens is 1. The molecule has 150 valence electrons. The molecule has 1 saturated carbocycles. The molecule has 27 heavy (non-hydrogen) atoms. The second-order valence-corrected chi connectivity index (χ2v) is 8.36. The van der Waals surface area contributed by atoms with Gasteiger partial charge in [-0.2, -0.15) is 0 Å². The number of nitrogens with two attached hydrogens (primary N) is 1. The van der Waals surface area contributed by atoms with Crippen molar-refractivity contribution < 1.29 is 4.79 Å². The number of rotatable bonds is 5. The maximum atomic E-state index is 12.4. The maximum Gasteiger partial charge on any atom is 0.224 e. The van der Waals surface area contributed by atoms with E-state index in [1.54, 1.807) is 11.3 Å². The van der Waals surface area contributed by atoms with Crippen LogP contribution in [0.3, 0.4) is 0 Å². The normalized spacial score (nSPS) is 21.7. The number of benzene rings is 1. The Morgan fingerprint density at radius 2 is 2.00 bits per heavy atom. The quantitative estimate of drug-likeness (QED) is 0.733. The lowest BCUT2D eigenvalue weighted by atomic mass is 9.74. The summed E-state index contributed by atoms with van der Waals surface area (Å²) in [6, 6.07) is 8.43. The van der Waals surface area contributed by atoms with Crippen LogP contribution in [0.1, 0.15) is 43.2 Å². The van der Waals surface area contributed by atoms with Gasteiger partial charge in [0.1, 0.15) is 0 Å². The molecule has 0 aliphatic heterocycles. The minimum absolute atomic E-state index is 0. The average Bonchev–Trinajstić information content (AvgIpc) is 3.01. The Labute approximate surface area is 178 Å². The third-order valence-electron chi connectivity index (χ3n) is 5.15. The van der Waals surface area contributed by atoms with Crippen molar-refractivity contribution in [1.82, 2.24) is 10.3 Å². The van der Waals surface area contributed by atoms with Gasteiger partial charge in [-0.25, -0.2) is 4.98 Å². The largest absolute Gasteiger partial charge is 0.355 e. The summed E-state index contributed by atoms with van der Waals surface area (Å²) in [5.41, 5.74) is 9.33. The molecule has 2 unspecified atom stereocenters. The second kappa shape index (κ2) is 10.4. The summed E-state index contributed by atoms with van der Waals surface area (Å²) in [6.45, 7) is 4.68. The van der Waals surface area contributed by atoms with Gasteiger partial charge in [-0.05, 0) is 38.7 Å². The van der Waals surface area contributed by atoms with E-state index >= 15 is 0 Å². The molecule has 2 aromatic rings. The van der Waals surface area contributed by atoms with Gasteiger partial charge in [-0.3, -0.25) is 4.79 Å². The minimum Gasteiger partial charge on any atom is -0.355 e. The number of thiazole rings is 1. The molecular weight excluding hydrogens is 401 g/mol. The minimum atomic E-state index is -0.365. The lowest BCUT2D eigenvalue weighted by Gasteiger charge is -2.37. The molecule has 0 radical (unpaired) electrons. The monoisotopic (exact) mass is 429 g/mol. The average molecular weight is 430 g/mol. The van der Waals surface area contributed by atoms with Crippen LogP contribution >= 0.6 is 36.2 Å². The molecule has 0 saturated heterocycles. The number of hydrogen-bond donors (Lipinski definition) is 2. The van der Waals surface area contributed by atoms with Gasteiger partial charge in [0.25, 0.3) is 0 Å². The molecule has 1 heterocycles. The van der Waals surface area contributed by atoms with Gasteiger partial charge in [0, 0.05) is 23.0 Å². The van der Waals surface area contributed by atoms with E-state index in [0.717, 1.165) is 48.4 Å². The SMILES string of the molecule is Cc1nc(-c2ccc(CCNC(=O)C3CCCCC3(C)N)cc2)cs1.Cl.Cl. The Morgan fingerprint density at radius 1 is 1.30 bits per heavy atom. The van der Waals surface area contributed by atoms with Crippen LogP contribution in [0, 0.1) is 12.8 Å². The Bertz CT molecular complexity index is 731. The van der Waals surface area contributed by atoms with Crippen LogP contribution in [0.25, 0.3) is 11.3 Å². The van der Waals surface area contributed by atoms with Crippen LogP contribution in [0.15, 0.2) is 29.6 Å². The Hall–Kier alpha value is -1.14. The molecule has 2 atom stereocenters. The predicted molar refractivity (Wildman–Crippen MR) is 118 cm³/mol. The fourth-order valence-electron chi connectivity index (χ4n) is 3.58. The van der Waals surface area contributed by atoms with E-state index in [9.17, 15) is 4.79 Å². The van der Waals surface area contributed by atoms with Crippen LogP contribution in [0.4, 0.5) is 0 Å². The van der Waals surface area contributed by atoms with E-state index in [1.807, 2.05) is 13.8 Å². The number of nitrogens with one attached hydrogen (secondary N) is 1. The summed E-state index contributed by atoms with van der Waals surface area (Å²) in [5.74, 6) is 0.0517. The number of hydrogen-bond acceptors (Lipinski definition) is 4. The van der Waals surface area contributed by atoms with Crippen molar-refractivity contribution in [2.24, 2.45) is 11.7 Å². The highest BCUT2D eigenvalue weighted by Crippen LogP contribution is 2.31. The number of amides is 1. The lowest BCUT2D eigenvalue weighted by Crippen LogP contribution is -2.53. The van der Waals surface area contributed by atoms with Gasteiger partial charge in [-0.1, -0.05) is 37.1 Å². The van der Waals surface area contributed by atoms with Crippen molar-refractivity contribution in [3.63, 3.8) is 0 Å². The number of carbonyl (C=O) groups is 1. The molecule has 4 nitrogen and oxygen atoms in total. The van der Waals surface area contributed by atoms with Crippen LogP contribution in [0.2, 0.25) is 0 Å². The zero-order valence-electron chi connectivity index (χ0n) is 15.9. The molecule has 3 rings (SSSR count). The summed E-state index contributed by atoms with van der Waals surface area (Å²) in [5, 5.41) is 6.24. The summed E-state index contributed by atoms with van der Waals surface area (Å²) in [6.07, 6.45) is 4.89. The first-order chi connectivity index (χ1) is 12.0. The third-order valence-corrected chi connectivity index (χ3v) is 5.93. The number of carbonyl (C=O) groups excluding carboxylic acids is 1. The van der Waals surface area contributed by atoms with E-state index in [4.69, 9.17) is 5.73 Å². The van der Waals surface area contributed by atoms with Crippen LogP contribution in [-0.4, -0.2) is 23.0 Å². The zero-order chi connectivity index (χ0) is 17.9. The van der Waals surface area contributed by atoms with Gasteiger partial charge in [0.05, 0.1) is 16.6 Å². The molecule has 7 heteroatoms. The third kappa shape index (κ3) is 6.18. The van der Waals surface area contributed by atoms with E-state index < -0.39 is 0 Å². The van der Waals surface area contributed by atoms with E-state index in [-0.39, 0.29) is 42.2 Å². The number of aryl methyl sites for hydroxylation is 1. The molecule has 1 aliphatic carbocycles. The van der Waals surface area contributed by atoms with E-state index in [2.05, 4.69) is 39.9 Å². The van der Waals surface area contributed by atoms with E-state index in [0.29, 0.717) is 6.54 Å². The van der Waals surface area contributed by atoms with Crippen LogP contribution < -0.4 is 11.1 Å². The standard InChI is InChI=1S/C20H27N3OS.2ClH/c1-14-23-18(13-25-14)16-8-6-15(7-9-16)10-12-22-19(24)17-5-3-4-11-20(17,2)21;;/h6-9,13,17H,3-5,10-12,21H2,1-2H3,(H,22,24);2*1H. The molecular formula is C20H29Cl2N3OS. The van der Waals surface area contributed by atoms with Crippen molar-refractivity contribution in [2.75, 3.05) is 6.54 Å². The van der Waals surface area contributed by atoms with Crippen molar-refractivity contribution in [2.45, 2.75) is 51.5 Å². The van der Waals surface area contributed by atoms with Gasteiger partial charge < -0.3 is 11.1 Å². The highest BCUT2D eigenvalue weighted by atomic mass is 35.5. The summed E-state index contributed by atoms with van der Waals surface area (Å²) in [7, 11) is 0. The van der Waals surface area contributed by atoms with Gasteiger partial charge in [0.2, 0.25) is 5.91 Å². The second-order valence-electron chi connectivity index (χ2n) is 7.29. The maximum absolute atomic E-state index is 12.4. The Morgan fingerprint density at radius 3 is 2.59 bits per heavy atom. The molecule has 0 spiro atoms. The number of halogens is 2. The first-order valence-electron chi connectivity index (χ1n) is 9.04. The molecule has 1 aliphatic rings. The predicted octanol–water partition coefficient (Wildman–Crippen LogP) is 4.53. The number of nitrogens with zero attached hydrogens (tertiary/aromatic N) is 1. The van der Waals surface area contributed by atoms with Crippen molar-refractivity contribution in [3.05, 3.63) is 40.2 Å². The molecule has 0 bridgehead atoms. The van der Waals surface area contributed by atoms with Crippen LogP contribution in [0.5, 0.6) is 0 Å². The molecule has 1 aromatic carbocycles. The summed E-state index contributed by atoms with van der Waals surface area (Å²) in [4.78, 5) is 17.0. The summed E-state index contributed by atoms with van der Waals surface area (Å²) < 4.78 is 0. The van der Waals surface area contributed by atoms with Gasteiger partial charge >= 0.3 is 0 Å². The fraction of sp³-hybridized carbons (Fsp3) is 0.500. The highest BCUT2D eigenvalue weighted by Gasteiger charge is 2.37. The van der Waals surface area contributed by atoms with Crippen LogP contribution in [-0.2, 0) is 11.2 Å². The van der Waals surface area contributed by atoms with Crippen molar-refractivity contribution in [1.29, 1.82) is 0 Å². The molecule has 3 N–H and O–H groups in total. The Kier molecular flexibility index (Phi) is 9.22. The van der Waals surface area contributed by atoms with Gasteiger partial charge in [0.15, 0.2) is 0 Å².